The number of benzene rings is 3. The number of aromatic nitrogens is 2. The molecular weight excluding hydrogens is 408 g/mol. The summed E-state index contributed by atoms with van der Waals surface area (Å²) in [6, 6.07) is 30.1. The van der Waals surface area contributed by atoms with Crippen molar-refractivity contribution >= 4 is 11.0 Å². The van der Waals surface area contributed by atoms with Crippen LogP contribution in [-0.4, -0.2) is 45.0 Å². The molecule has 2 heterocycles. The van der Waals surface area contributed by atoms with Gasteiger partial charge in [0.25, 0.3) is 0 Å². The van der Waals surface area contributed by atoms with Crippen LogP contribution < -0.4 is 5.69 Å². The number of rotatable bonds is 8. The summed E-state index contributed by atoms with van der Waals surface area (Å²) in [5.74, 6) is 0. The molecule has 0 saturated carbocycles. The van der Waals surface area contributed by atoms with Crippen LogP contribution in [0.3, 0.4) is 0 Å². The zero-order valence-electron chi connectivity index (χ0n) is 19.2. The van der Waals surface area contributed by atoms with E-state index in [0.29, 0.717) is 6.04 Å². The number of nitrogens with one attached hydrogen (secondary N) is 1. The van der Waals surface area contributed by atoms with Gasteiger partial charge in [0, 0.05) is 38.8 Å². The van der Waals surface area contributed by atoms with Gasteiger partial charge in [0.05, 0.1) is 17.1 Å². The Morgan fingerprint density at radius 3 is 2.18 bits per heavy atom. The van der Waals surface area contributed by atoms with Gasteiger partial charge >= 0.3 is 5.69 Å². The third-order valence-electron chi connectivity index (χ3n) is 6.84. The average molecular weight is 441 g/mol. The first-order valence-corrected chi connectivity index (χ1v) is 11.9. The van der Waals surface area contributed by atoms with Gasteiger partial charge in [-0.25, -0.2) is 4.79 Å². The highest BCUT2D eigenvalue weighted by Gasteiger charge is 2.28. The highest BCUT2D eigenvalue weighted by Crippen LogP contribution is 2.25. The fourth-order valence-corrected chi connectivity index (χ4v) is 5.12. The van der Waals surface area contributed by atoms with E-state index in [4.69, 9.17) is 0 Å². The second-order valence-corrected chi connectivity index (χ2v) is 9.24. The van der Waals surface area contributed by atoms with Crippen LogP contribution in [0.4, 0.5) is 0 Å². The molecule has 33 heavy (non-hydrogen) atoms. The monoisotopic (exact) mass is 440 g/mol. The van der Waals surface area contributed by atoms with Crippen molar-refractivity contribution in [1.82, 2.24) is 19.4 Å². The summed E-state index contributed by atoms with van der Waals surface area (Å²) in [6.45, 7) is 7.11. The number of para-hydroxylation sites is 2. The first kappa shape index (κ1) is 21.7. The molecule has 5 heteroatoms. The lowest BCUT2D eigenvalue weighted by molar-refractivity contribution is 0.146. The summed E-state index contributed by atoms with van der Waals surface area (Å²) in [7, 11) is 0. The Bertz CT molecular complexity index is 1190. The van der Waals surface area contributed by atoms with Gasteiger partial charge in [-0.2, -0.15) is 0 Å². The van der Waals surface area contributed by atoms with Crippen molar-refractivity contribution in [1.29, 1.82) is 0 Å². The van der Waals surface area contributed by atoms with Crippen LogP contribution >= 0.6 is 0 Å². The molecule has 5 rings (SSSR count). The van der Waals surface area contributed by atoms with Crippen molar-refractivity contribution in [3.63, 3.8) is 0 Å². The minimum Gasteiger partial charge on any atom is -0.306 e. The second-order valence-electron chi connectivity index (χ2n) is 9.24. The van der Waals surface area contributed by atoms with Crippen LogP contribution in [0.5, 0.6) is 0 Å². The van der Waals surface area contributed by atoms with Gasteiger partial charge < -0.3 is 4.98 Å². The van der Waals surface area contributed by atoms with E-state index in [-0.39, 0.29) is 11.7 Å². The molecule has 170 valence electrons. The standard InChI is InChI=1S/C28H32N4O/c1-22(31(19-23-10-4-2-5-11-23)20-24-12-6-3-7-13-24)18-30-17-16-25(21-30)32-27-15-9-8-14-26(27)29-28(32)33/h2-15,22,25H,16-21H2,1H3,(H,29,33)/t22?,25-/m0/s1. The lowest BCUT2D eigenvalue weighted by Crippen LogP contribution is -2.41. The maximum absolute atomic E-state index is 12.6. The SMILES string of the molecule is CC(CN1CC[C@H](n2c(=O)[nH]c3ccccc32)C1)N(Cc1ccccc1)Cc1ccccc1. The van der Waals surface area contributed by atoms with Gasteiger partial charge in [-0.3, -0.25) is 14.4 Å². The first-order chi connectivity index (χ1) is 16.2. The van der Waals surface area contributed by atoms with Crippen LogP contribution in [0.2, 0.25) is 0 Å². The van der Waals surface area contributed by atoms with Crippen molar-refractivity contribution in [2.24, 2.45) is 0 Å². The number of hydrogen-bond acceptors (Lipinski definition) is 3. The Hall–Kier alpha value is -3.15. The van der Waals surface area contributed by atoms with Gasteiger partial charge in [0.1, 0.15) is 0 Å². The minimum absolute atomic E-state index is 0.00544. The molecule has 0 amide bonds. The summed E-state index contributed by atoms with van der Waals surface area (Å²) in [6.07, 6.45) is 1.01. The van der Waals surface area contributed by atoms with E-state index in [9.17, 15) is 4.79 Å². The summed E-state index contributed by atoms with van der Waals surface area (Å²) >= 11 is 0. The molecule has 2 atom stereocenters. The summed E-state index contributed by atoms with van der Waals surface area (Å²) in [5.41, 5.74) is 4.61. The molecule has 1 aliphatic heterocycles. The molecule has 0 spiro atoms. The molecule has 1 aromatic heterocycles. The van der Waals surface area contributed by atoms with E-state index in [1.807, 2.05) is 28.8 Å². The number of H-pyrrole nitrogens is 1. The van der Waals surface area contributed by atoms with Crippen molar-refractivity contribution in [2.75, 3.05) is 19.6 Å². The number of aromatic amines is 1. The van der Waals surface area contributed by atoms with E-state index in [2.05, 4.69) is 82.4 Å². The van der Waals surface area contributed by atoms with E-state index >= 15 is 0 Å². The fraction of sp³-hybridized carbons (Fsp3) is 0.321. The average Bonchev–Trinajstić information content (AvgIpc) is 3.42. The largest absolute Gasteiger partial charge is 0.326 e. The molecule has 0 radical (unpaired) electrons. The topological polar surface area (TPSA) is 44.3 Å². The zero-order chi connectivity index (χ0) is 22.6. The van der Waals surface area contributed by atoms with Crippen LogP contribution in [-0.2, 0) is 13.1 Å². The number of imidazole rings is 1. The van der Waals surface area contributed by atoms with Gasteiger partial charge in [-0.1, -0.05) is 72.8 Å². The molecule has 1 saturated heterocycles. The smallest absolute Gasteiger partial charge is 0.306 e. The van der Waals surface area contributed by atoms with Crippen molar-refractivity contribution < 1.29 is 0 Å². The second kappa shape index (κ2) is 9.77. The van der Waals surface area contributed by atoms with Crippen LogP contribution in [0.15, 0.2) is 89.7 Å². The van der Waals surface area contributed by atoms with E-state index < -0.39 is 0 Å². The Morgan fingerprint density at radius 2 is 1.52 bits per heavy atom. The third-order valence-corrected chi connectivity index (χ3v) is 6.84. The Labute approximate surface area is 195 Å². The summed E-state index contributed by atoms with van der Waals surface area (Å²) < 4.78 is 1.96. The fourth-order valence-electron chi connectivity index (χ4n) is 5.12. The third kappa shape index (κ3) is 4.95. The Kier molecular flexibility index (Phi) is 6.42. The highest BCUT2D eigenvalue weighted by molar-refractivity contribution is 5.75. The summed E-state index contributed by atoms with van der Waals surface area (Å²) in [5, 5.41) is 0. The highest BCUT2D eigenvalue weighted by atomic mass is 16.1. The molecule has 1 aliphatic rings. The van der Waals surface area contributed by atoms with Crippen LogP contribution in [0.1, 0.15) is 30.5 Å². The van der Waals surface area contributed by atoms with Gasteiger partial charge in [-0.15, -0.1) is 0 Å². The number of nitrogens with zero attached hydrogens (tertiary/aromatic N) is 3. The van der Waals surface area contributed by atoms with Gasteiger partial charge in [-0.05, 0) is 36.6 Å². The number of hydrogen-bond donors (Lipinski definition) is 1. The molecule has 1 fully saturated rings. The number of likely N-dealkylation sites (tertiary alicyclic amines) is 1. The lowest BCUT2D eigenvalue weighted by Gasteiger charge is -2.32. The zero-order valence-corrected chi connectivity index (χ0v) is 19.2. The van der Waals surface area contributed by atoms with E-state index in [0.717, 1.165) is 50.2 Å². The molecular formula is C28H32N4O. The van der Waals surface area contributed by atoms with Gasteiger partial charge in [0.2, 0.25) is 0 Å². The van der Waals surface area contributed by atoms with E-state index in [1.54, 1.807) is 0 Å². The molecule has 0 bridgehead atoms. The predicted molar refractivity (Wildman–Crippen MR) is 134 cm³/mol. The Balaban J connectivity index is 1.29. The maximum Gasteiger partial charge on any atom is 0.326 e. The van der Waals surface area contributed by atoms with Crippen molar-refractivity contribution in [3.05, 3.63) is 107 Å². The molecule has 5 nitrogen and oxygen atoms in total. The van der Waals surface area contributed by atoms with Crippen molar-refractivity contribution in [2.45, 2.75) is 38.5 Å². The summed E-state index contributed by atoms with van der Waals surface area (Å²) in [4.78, 5) is 20.7. The first-order valence-electron chi connectivity index (χ1n) is 11.9. The lowest BCUT2D eigenvalue weighted by atomic mass is 10.1. The molecule has 1 N–H and O–H groups in total. The molecule has 3 aromatic carbocycles. The minimum atomic E-state index is 0.00544. The molecule has 1 unspecified atom stereocenters. The molecule has 4 aromatic rings. The van der Waals surface area contributed by atoms with Crippen LogP contribution in [0.25, 0.3) is 11.0 Å². The Morgan fingerprint density at radius 1 is 0.909 bits per heavy atom. The predicted octanol–water partition coefficient (Wildman–Crippen LogP) is 4.67. The van der Waals surface area contributed by atoms with Crippen LogP contribution in [0, 0.1) is 0 Å². The van der Waals surface area contributed by atoms with Gasteiger partial charge in [0.15, 0.2) is 0 Å². The van der Waals surface area contributed by atoms with E-state index in [1.165, 1.54) is 11.1 Å². The molecule has 0 aliphatic carbocycles. The number of fused-ring (bicyclic) bond motifs is 1. The maximum atomic E-state index is 12.6. The van der Waals surface area contributed by atoms with Crippen molar-refractivity contribution in [3.8, 4) is 0 Å². The quantitative estimate of drug-likeness (QED) is 0.433. The normalized spacial score (nSPS) is 17.7.